The number of rotatable bonds is 12. The molecule has 3 aromatic rings. The van der Waals surface area contributed by atoms with Gasteiger partial charge in [0.25, 0.3) is 0 Å². The lowest BCUT2D eigenvalue weighted by molar-refractivity contribution is -0.139. The van der Waals surface area contributed by atoms with Crippen molar-refractivity contribution in [2.75, 3.05) is 5.75 Å². The molecule has 0 heterocycles. The molecule has 2 amide bonds. The molecule has 0 spiro atoms. The minimum absolute atomic E-state index is 0.0344. The molecule has 7 heteroatoms. The molecule has 0 aliphatic heterocycles. The Labute approximate surface area is 235 Å². The van der Waals surface area contributed by atoms with Crippen molar-refractivity contribution in [1.29, 1.82) is 0 Å². The van der Waals surface area contributed by atoms with E-state index >= 15 is 0 Å². The van der Waals surface area contributed by atoms with Crippen LogP contribution in [0.1, 0.15) is 37.0 Å². The molecule has 3 rings (SSSR count). The molecule has 0 unspecified atom stereocenters. The van der Waals surface area contributed by atoms with Crippen LogP contribution in [0.25, 0.3) is 0 Å². The Morgan fingerprint density at radius 3 is 2.03 bits per heavy atom. The molecule has 4 nitrogen and oxygen atoms in total. The van der Waals surface area contributed by atoms with Crippen LogP contribution in [0.5, 0.6) is 0 Å². The summed E-state index contributed by atoms with van der Waals surface area (Å²) in [6, 6.07) is 25.4. The summed E-state index contributed by atoms with van der Waals surface area (Å²) in [6.07, 6.45) is 1.29. The third-order valence-corrected chi connectivity index (χ3v) is 7.99. The molecule has 0 bridgehead atoms. The van der Waals surface area contributed by atoms with E-state index in [2.05, 4.69) is 49.3 Å². The number of amides is 2. The maximum absolute atomic E-state index is 13.7. The lowest BCUT2D eigenvalue weighted by atomic mass is 10.0. The second kappa shape index (κ2) is 14.6. The van der Waals surface area contributed by atoms with E-state index in [1.807, 2.05) is 80.6 Å². The van der Waals surface area contributed by atoms with Gasteiger partial charge in [-0.1, -0.05) is 93.4 Å². The minimum atomic E-state index is -0.606. The Bertz CT molecular complexity index is 1110. The number of nitrogens with zero attached hydrogens (tertiary/aromatic N) is 1. The van der Waals surface area contributed by atoms with Gasteiger partial charge < -0.3 is 10.2 Å². The molecule has 0 radical (unpaired) electrons. The molecule has 190 valence electrons. The average molecular weight is 632 g/mol. The smallest absolute Gasteiger partial charge is 0.243 e. The summed E-state index contributed by atoms with van der Waals surface area (Å²) in [5, 5.41) is 3.12. The topological polar surface area (TPSA) is 49.4 Å². The summed E-state index contributed by atoms with van der Waals surface area (Å²) in [7, 11) is 0. The molecule has 0 saturated heterocycles. The van der Waals surface area contributed by atoms with E-state index in [1.165, 1.54) is 0 Å². The first-order chi connectivity index (χ1) is 17.4. The molecule has 36 heavy (non-hydrogen) atoms. The number of halogens is 2. The predicted octanol–water partition coefficient (Wildman–Crippen LogP) is 7.00. The highest BCUT2D eigenvalue weighted by Crippen LogP contribution is 2.20. The van der Waals surface area contributed by atoms with Crippen LogP contribution < -0.4 is 5.32 Å². The van der Waals surface area contributed by atoms with Crippen LogP contribution in [0.4, 0.5) is 0 Å². The van der Waals surface area contributed by atoms with E-state index in [-0.39, 0.29) is 17.9 Å². The Morgan fingerprint density at radius 1 is 0.861 bits per heavy atom. The van der Waals surface area contributed by atoms with Crippen LogP contribution in [0.15, 0.2) is 87.8 Å². The fourth-order valence-corrected chi connectivity index (χ4v) is 5.10. The Hall–Kier alpha value is -2.09. The zero-order valence-electron chi connectivity index (χ0n) is 20.6. The Kier molecular flexibility index (Phi) is 11.5. The number of thioether (sulfide) groups is 1. The molecule has 0 aliphatic carbocycles. The number of carbonyl (C=O) groups excluding carboxylic acids is 2. The van der Waals surface area contributed by atoms with Gasteiger partial charge in [-0.3, -0.25) is 9.59 Å². The van der Waals surface area contributed by atoms with Gasteiger partial charge in [0.1, 0.15) is 6.04 Å². The van der Waals surface area contributed by atoms with Crippen LogP contribution in [0.3, 0.4) is 0 Å². The van der Waals surface area contributed by atoms with Crippen molar-refractivity contribution >= 4 is 55.4 Å². The number of nitrogens with one attached hydrogen (secondary N) is 1. The van der Waals surface area contributed by atoms with Gasteiger partial charge in [0, 0.05) is 33.7 Å². The lowest BCUT2D eigenvalue weighted by Gasteiger charge is -2.32. The summed E-state index contributed by atoms with van der Waals surface area (Å²) in [4.78, 5) is 28.9. The van der Waals surface area contributed by atoms with E-state index in [0.717, 1.165) is 37.8 Å². The first kappa shape index (κ1) is 28.5. The quantitative estimate of drug-likeness (QED) is 0.234. The van der Waals surface area contributed by atoms with Crippen LogP contribution >= 0.6 is 43.6 Å². The first-order valence-electron chi connectivity index (χ1n) is 12.1. The number of benzene rings is 3. The van der Waals surface area contributed by atoms with Gasteiger partial charge in [0.05, 0.1) is 5.75 Å². The van der Waals surface area contributed by atoms with E-state index in [9.17, 15) is 9.59 Å². The van der Waals surface area contributed by atoms with Gasteiger partial charge >= 0.3 is 0 Å². The highest BCUT2D eigenvalue weighted by Gasteiger charge is 2.30. The van der Waals surface area contributed by atoms with E-state index in [1.54, 1.807) is 16.7 Å². The third kappa shape index (κ3) is 9.09. The van der Waals surface area contributed by atoms with Gasteiger partial charge in [-0.05, 0) is 54.3 Å². The van der Waals surface area contributed by atoms with Gasteiger partial charge in [-0.25, -0.2) is 0 Å². The van der Waals surface area contributed by atoms with Gasteiger partial charge in [0.2, 0.25) is 11.8 Å². The highest BCUT2D eigenvalue weighted by molar-refractivity contribution is 9.10. The molecular weight excluding hydrogens is 600 g/mol. The summed E-state index contributed by atoms with van der Waals surface area (Å²) < 4.78 is 2.01. The average Bonchev–Trinajstić information content (AvgIpc) is 2.88. The van der Waals surface area contributed by atoms with Crippen molar-refractivity contribution in [3.63, 3.8) is 0 Å². The third-order valence-electron chi connectivity index (χ3n) is 5.95. The summed E-state index contributed by atoms with van der Waals surface area (Å²) in [5.41, 5.74) is 3.17. The van der Waals surface area contributed by atoms with E-state index < -0.39 is 6.04 Å². The molecular formula is C29H32Br2N2O2S. The van der Waals surface area contributed by atoms with Crippen molar-refractivity contribution in [2.45, 2.75) is 51.1 Å². The molecule has 0 aromatic heterocycles. The minimum Gasteiger partial charge on any atom is -0.352 e. The SMILES string of the molecule is CC[C@H](C)NC(=O)[C@@H](Cc1ccccc1)N(Cc1ccc(Br)cc1)C(=O)CSCc1ccc(Br)cc1. The summed E-state index contributed by atoms with van der Waals surface area (Å²) >= 11 is 8.51. The largest absolute Gasteiger partial charge is 0.352 e. The molecule has 3 aromatic carbocycles. The molecule has 2 atom stereocenters. The fourth-order valence-electron chi connectivity index (χ4n) is 3.70. The normalized spacial score (nSPS) is 12.6. The molecule has 0 saturated carbocycles. The van der Waals surface area contributed by atoms with Crippen LogP contribution in [0.2, 0.25) is 0 Å². The summed E-state index contributed by atoms with van der Waals surface area (Å²) in [5.74, 6) is 0.874. The maximum Gasteiger partial charge on any atom is 0.243 e. The van der Waals surface area contributed by atoms with Crippen LogP contribution in [-0.4, -0.2) is 34.6 Å². The Balaban J connectivity index is 1.84. The lowest BCUT2D eigenvalue weighted by Crippen LogP contribution is -2.52. The van der Waals surface area contributed by atoms with E-state index in [4.69, 9.17) is 0 Å². The first-order valence-corrected chi connectivity index (χ1v) is 14.8. The zero-order chi connectivity index (χ0) is 25.9. The number of hydrogen-bond acceptors (Lipinski definition) is 3. The second-order valence-electron chi connectivity index (χ2n) is 8.79. The van der Waals surface area contributed by atoms with Gasteiger partial charge in [-0.15, -0.1) is 11.8 Å². The molecule has 0 aliphatic rings. The van der Waals surface area contributed by atoms with Crippen LogP contribution in [0, 0.1) is 0 Å². The monoisotopic (exact) mass is 630 g/mol. The zero-order valence-corrected chi connectivity index (χ0v) is 24.6. The van der Waals surface area contributed by atoms with Crippen molar-refractivity contribution in [1.82, 2.24) is 10.2 Å². The predicted molar refractivity (Wildman–Crippen MR) is 157 cm³/mol. The molecule has 1 N–H and O–H groups in total. The number of carbonyl (C=O) groups is 2. The number of hydrogen-bond donors (Lipinski definition) is 1. The second-order valence-corrected chi connectivity index (χ2v) is 11.6. The Morgan fingerprint density at radius 2 is 1.44 bits per heavy atom. The summed E-state index contributed by atoms with van der Waals surface area (Å²) in [6.45, 7) is 4.41. The molecule has 0 fully saturated rings. The standard InChI is InChI=1S/C29H32Br2N2O2S/c1-3-21(2)32-29(35)27(17-22-7-5-4-6-8-22)33(18-23-9-13-25(30)14-10-23)28(34)20-36-19-24-11-15-26(31)16-12-24/h4-16,21,27H,3,17-20H2,1-2H3,(H,32,35)/t21-,27+/m0/s1. The van der Waals surface area contributed by atoms with Crippen molar-refractivity contribution in [3.05, 3.63) is 104 Å². The maximum atomic E-state index is 13.7. The highest BCUT2D eigenvalue weighted by atomic mass is 79.9. The van der Waals surface area contributed by atoms with Gasteiger partial charge in [-0.2, -0.15) is 0 Å². The van der Waals surface area contributed by atoms with Crippen molar-refractivity contribution in [2.24, 2.45) is 0 Å². The van der Waals surface area contributed by atoms with E-state index in [0.29, 0.717) is 18.7 Å². The van der Waals surface area contributed by atoms with Crippen molar-refractivity contribution in [3.8, 4) is 0 Å². The fraction of sp³-hybridized carbons (Fsp3) is 0.310. The van der Waals surface area contributed by atoms with Crippen LogP contribution in [-0.2, 0) is 28.3 Å². The van der Waals surface area contributed by atoms with Gasteiger partial charge in [0.15, 0.2) is 0 Å². The van der Waals surface area contributed by atoms with Crippen molar-refractivity contribution < 1.29 is 9.59 Å².